The van der Waals surface area contributed by atoms with Crippen LogP contribution in [-0.4, -0.2) is 15.1 Å². The summed E-state index contributed by atoms with van der Waals surface area (Å²) >= 11 is 3.29. The molecule has 1 aromatic heterocycles. The Labute approximate surface area is 91.3 Å². The van der Waals surface area contributed by atoms with E-state index in [1.807, 2.05) is 6.08 Å². The SMILES string of the molecule is CCC/C=c1\ncc(CBr)n\c1=C/O. The van der Waals surface area contributed by atoms with Crippen molar-refractivity contribution in [3.63, 3.8) is 0 Å². The molecular weight excluding hydrogens is 244 g/mol. The highest BCUT2D eigenvalue weighted by molar-refractivity contribution is 9.08. The van der Waals surface area contributed by atoms with Gasteiger partial charge in [-0.15, -0.1) is 0 Å². The summed E-state index contributed by atoms with van der Waals surface area (Å²) in [6.07, 6.45) is 6.70. The lowest BCUT2D eigenvalue weighted by molar-refractivity contribution is 0.537. The largest absolute Gasteiger partial charge is 0.513 e. The molecule has 3 nitrogen and oxygen atoms in total. The number of rotatable bonds is 3. The number of nitrogens with zero attached hydrogens (tertiary/aromatic N) is 2. The van der Waals surface area contributed by atoms with Crippen LogP contribution in [0.4, 0.5) is 0 Å². The van der Waals surface area contributed by atoms with Gasteiger partial charge in [0.25, 0.3) is 0 Å². The van der Waals surface area contributed by atoms with Crippen molar-refractivity contribution >= 4 is 28.3 Å². The number of hydrogen-bond donors (Lipinski definition) is 1. The van der Waals surface area contributed by atoms with Crippen LogP contribution in [0, 0.1) is 0 Å². The highest BCUT2D eigenvalue weighted by Crippen LogP contribution is 1.94. The van der Waals surface area contributed by atoms with Crippen molar-refractivity contribution in [2.75, 3.05) is 0 Å². The predicted molar refractivity (Wildman–Crippen MR) is 60.4 cm³/mol. The van der Waals surface area contributed by atoms with Crippen molar-refractivity contribution in [3.8, 4) is 0 Å². The van der Waals surface area contributed by atoms with E-state index in [2.05, 4.69) is 32.8 Å². The fourth-order valence-electron chi connectivity index (χ4n) is 1.05. The minimum Gasteiger partial charge on any atom is -0.513 e. The Hall–Kier alpha value is -0.900. The number of alkyl halides is 1. The molecule has 0 saturated heterocycles. The monoisotopic (exact) mass is 256 g/mol. The number of aliphatic hydroxyl groups excluding tert-OH is 1. The molecule has 0 aromatic carbocycles. The molecule has 0 radical (unpaired) electrons. The summed E-state index contributed by atoms with van der Waals surface area (Å²) in [4.78, 5) is 8.43. The van der Waals surface area contributed by atoms with E-state index in [0.29, 0.717) is 10.7 Å². The molecule has 1 N–H and O–H groups in total. The summed E-state index contributed by atoms with van der Waals surface area (Å²) in [5.74, 6) is 0. The van der Waals surface area contributed by atoms with Gasteiger partial charge in [0.2, 0.25) is 0 Å². The van der Waals surface area contributed by atoms with Gasteiger partial charge in [0.1, 0.15) is 11.6 Å². The molecule has 0 atom stereocenters. The second-order valence-corrected chi connectivity index (χ2v) is 3.45. The molecule has 0 unspecified atom stereocenters. The van der Waals surface area contributed by atoms with Crippen LogP contribution in [0.25, 0.3) is 12.3 Å². The highest BCUT2D eigenvalue weighted by atomic mass is 79.9. The predicted octanol–water partition coefficient (Wildman–Crippen LogP) is 1.25. The molecule has 0 saturated carbocycles. The molecule has 1 aromatic rings. The summed E-state index contributed by atoms with van der Waals surface area (Å²) in [5.41, 5.74) is 0.818. The Morgan fingerprint density at radius 1 is 1.50 bits per heavy atom. The molecule has 0 aliphatic rings. The van der Waals surface area contributed by atoms with Gasteiger partial charge in [-0.2, -0.15) is 0 Å². The fourth-order valence-corrected chi connectivity index (χ4v) is 1.32. The summed E-state index contributed by atoms with van der Waals surface area (Å²) in [6.45, 7) is 2.10. The first-order valence-corrected chi connectivity index (χ1v) is 5.66. The van der Waals surface area contributed by atoms with E-state index in [0.717, 1.165) is 30.1 Å². The van der Waals surface area contributed by atoms with Crippen LogP contribution in [-0.2, 0) is 5.33 Å². The maximum Gasteiger partial charge on any atom is 0.123 e. The smallest absolute Gasteiger partial charge is 0.123 e. The molecule has 76 valence electrons. The number of aliphatic hydroxyl groups is 1. The van der Waals surface area contributed by atoms with E-state index in [9.17, 15) is 0 Å². The Kier molecular flexibility index (Phi) is 4.59. The molecule has 0 bridgehead atoms. The van der Waals surface area contributed by atoms with Crippen LogP contribution >= 0.6 is 15.9 Å². The average Bonchev–Trinajstić information content (AvgIpc) is 2.26. The van der Waals surface area contributed by atoms with Gasteiger partial charge in [0, 0.05) is 11.5 Å². The first kappa shape index (κ1) is 11.2. The maximum atomic E-state index is 8.97. The van der Waals surface area contributed by atoms with E-state index >= 15 is 0 Å². The van der Waals surface area contributed by atoms with Gasteiger partial charge in [0.15, 0.2) is 0 Å². The average molecular weight is 257 g/mol. The number of halogens is 1. The third-order valence-electron chi connectivity index (χ3n) is 1.76. The van der Waals surface area contributed by atoms with Gasteiger partial charge in [-0.05, 0) is 6.42 Å². The lowest BCUT2D eigenvalue weighted by Crippen LogP contribution is -2.32. The van der Waals surface area contributed by atoms with Gasteiger partial charge in [-0.25, -0.2) is 4.98 Å². The Balaban J connectivity index is 3.20. The fraction of sp³-hybridized carbons (Fsp3) is 0.400. The second-order valence-electron chi connectivity index (χ2n) is 2.89. The van der Waals surface area contributed by atoms with E-state index in [1.54, 1.807) is 6.20 Å². The van der Waals surface area contributed by atoms with Crippen LogP contribution in [0.15, 0.2) is 6.20 Å². The molecule has 1 heterocycles. The van der Waals surface area contributed by atoms with E-state index in [1.165, 1.54) is 0 Å². The third-order valence-corrected chi connectivity index (χ3v) is 2.34. The van der Waals surface area contributed by atoms with Crippen molar-refractivity contribution in [2.45, 2.75) is 25.1 Å². The van der Waals surface area contributed by atoms with Gasteiger partial charge in [-0.3, -0.25) is 4.98 Å². The Morgan fingerprint density at radius 3 is 2.86 bits per heavy atom. The molecule has 0 aliphatic heterocycles. The van der Waals surface area contributed by atoms with Gasteiger partial charge >= 0.3 is 0 Å². The number of hydrogen-bond acceptors (Lipinski definition) is 3. The van der Waals surface area contributed by atoms with Crippen LogP contribution < -0.4 is 10.7 Å². The van der Waals surface area contributed by atoms with Gasteiger partial charge in [-0.1, -0.05) is 35.4 Å². The quantitative estimate of drug-likeness (QED) is 0.829. The molecular formula is C10H13BrN2O. The van der Waals surface area contributed by atoms with Crippen molar-refractivity contribution in [3.05, 3.63) is 22.6 Å². The summed E-state index contributed by atoms with van der Waals surface area (Å²) in [7, 11) is 0. The van der Waals surface area contributed by atoms with Crippen LogP contribution in [0.3, 0.4) is 0 Å². The van der Waals surface area contributed by atoms with E-state index < -0.39 is 0 Å². The standard InChI is InChI=1S/C10H13BrN2O/c1-2-3-4-9-10(7-14)13-8(5-11)6-12-9/h4,6-7,14H,2-3,5H2,1H3/b9-4-,10-7-. The highest BCUT2D eigenvalue weighted by Gasteiger charge is 1.93. The molecule has 4 heteroatoms. The van der Waals surface area contributed by atoms with E-state index in [4.69, 9.17) is 5.11 Å². The zero-order valence-corrected chi connectivity index (χ0v) is 9.66. The Morgan fingerprint density at radius 2 is 2.29 bits per heavy atom. The molecule has 0 amide bonds. The zero-order valence-electron chi connectivity index (χ0n) is 8.07. The lowest BCUT2D eigenvalue weighted by Gasteiger charge is -1.94. The first-order valence-electron chi connectivity index (χ1n) is 4.54. The minimum atomic E-state index is 0.537. The summed E-state index contributed by atoms with van der Waals surface area (Å²) < 4.78 is 0. The summed E-state index contributed by atoms with van der Waals surface area (Å²) in [6, 6.07) is 0. The normalized spacial score (nSPS) is 13.6. The van der Waals surface area contributed by atoms with Crippen molar-refractivity contribution in [2.24, 2.45) is 0 Å². The molecule has 0 spiro atoms. The minimum absolute atomic E-state index is 0.537. The molecule has 0 aliphatic carbocycles. The summed E-state index contributed by atoms with van der Waals surface area (Å²) in [5, 5.41) is 10.9. The van der Waals surface area contributed by atoms with E-state index in [-0.39, 0.29) is 0 Å². The number of unbranched alkanes of at least 4 members (excludes halogenated alkanes) is 1. The topological polar surface area (TPSA) is 46.0 Å². The molecule has 1 rings (SSSR count). The third kappa shape index (κ3) is 2.80. The number of aromatic nitrogens is 2. The molecule has 14 heavy (non-hydrogen) atoms. The van der Waals surface area contributed by atoms with Crippen LogP contribution in [0.1, 0.15) is 25.5 Å². The van der Waals surface area contributed by atoms with Gasteiger partial charge < -0.3 is 5.11 Å². The van der Waals surface area contributed by atoms with Gasteiger partial charge in [0.05, 0.1) is 11.0 Å². The maximum absolute atomic E-state index is 8.97. The van der Waals surface area contributed by atoms with Crippen LogP contribution in [0.5, 0.6) is 0 Å². The first-order chi connectivity index (χ1) is 6.81. The molecule has 0 fully saturated rings. The second kappa shape index (κ2) is 5.75. The lowest BCUT2D eigenvalue weighted by atomic mass is 10.3. The van der Waals surface area contributed by atoms with Crippen LogP contribution in [0.2, 0.25) is 0 Å². The zero-order chi connectivity index (χ0) is 10.4. The van der Waals surface area contributed by atoms with Crippen molar-refractivity contribution in [1.82, 2.24) is 9.97 Å². The van der Waals surface area contributed by atoms with Crippen molar-refractivity contribution < 1.29 is 5.11 Å². The Bertz CT molecular complexity index is 403. The van der Waals surface area contributed by atoms with Crippen molar-refractivity contribution in [1.29, 1.82) is 0 Å².